The SMILES string of the molecule is CC1(C)O[C@@H]2[C@H](O1)[C@@H](Oc1ccccc1-c1cccc(CCS)c1)O[C@@H]1COC(C)(C)O[C@@H]21. The molecule has 0 N–H and O–H groups in total. The third-order valence-corrected chi connectivity index (χ3v) is 6.44. The second-order valence-corrected chi connectivity index (χ2v) is 10.1. The van der Waals surface area contributed by atoms with Gasteiger partial charge in [-0.1, -0.05) is 42.5 Å². The number of ether oxygens (including phenoxy) is 6. The molecule has 0 aliphatic carbocycles. The second kappa shape index (κ2) is 8.87. The molecule has 3 heterocycles. The van der Waals surface area contributed by atoms with E-state index in [9.17, 15) is 0 Å². The zero-order valence-electron chi connectivity index (χ0n) is 19.5. The number of rotatable bonds is 5. The predicted octanol–water partition coefficient (Wildman–Crippen LogP) is 4.60. The van der Waals surface area contributed by atoms with Crippen molar-refractivity contribution in [1.82, 2.24) is 0 Å². The molecule has 33 heavy (non-hydrogen) atoms. The van der Waals surface area contributed by atoms with Gasteiger partial charge < -0.3 is 28.4 Å². The average Bonchev–Trinajstić information content (AvgIpc) is 3.11. The summed E-state index contributed by atoms with van der Waals surface area (Å²) in [6.45, 7) is 8.02. The van der Waals surface area contributed by atoms with Crippen LogP contribution in [-0.2, 0) is 30.1 Å². The van der Waals surface area contributed by atoms with E-state index < -0.39 is 24.0 Å². The van der Waals surface area contributed by atoms with E-state index in [0.717, 1.165) is 29.1 Å². The third-order valence-electron chi connectivity index (χ3n) is 6.21. The standard InChI is InChI=1S/C26H32O6S/c1-25(2)27-15-20-21(30-25)22-23(32-26(3,4)31-22)24(29-20)28-19-11-6-5-10-18(19)17-9-7-8-16(14-17)12-13-33/h5-11,14,20-24,33H,12-13,15H2,1-4H3/t20-,21-,22+,23+,24+/m1/s1. The molecule has 0 radical (unpaired) electrons. The maximum absolute atomic E-state index is 6.50. The van der Waals surface area contributed by atoms with E-state index in [1.807, 2.05) is 45.9 Å². The van der Waals surface area contributed by atoms with Crippen molar-refractivity contribution in [1.29, 1.82) is 0 Å². The van der Waals surface area contributed by atoms with Crippen molar-refractivity contribution < 1.29 is 28.4 Å². The fourth-order valence-electron chi connectivity index (χ4n) is 4.79. The first kappa shape index (κ1) is 23.1. The number of para-hydroxylation sites is 1. The van der Waals surface area contributed by atoms with Crippen LogP contribution in [0.5, 0.6) is 5.75 Å². The fraction of sp³-hybridized carbons (Fsp3) is 0.538. The monoisotopic (exact) mass is 472 g/mol. The van der Waals surface area contributed by atoms with E-state index in [1.165, 1.54) is 5.56 Å². The Labute approximate surface area is 200 Å². The summed E-state index contributed by atoms with van der Waals surface area (Å²) in [6.07, 6.45) is -1.11. The lowest BCUT2D eigenvalue weighted by Gasteiger charge is -2.48. The molecule has 5 atom stereocenters. The van der Waals surface area contributed by atoms with Crippen molar-refractivity contribution in [3.8, 4) is 16.9 Å². The van der Waals surface area contributed by atoms with Crippen LogP contribution in [0.15, 0.2) is 48.5 Å². The molecule has 5 rings (SSSR count). The molecule has 0 saturated carbocycles. The number of hydrogen-bond acceptors (Lipinski definition) is 7. The van der Waals surface area contributed by atoms with Gasteiger partial charge in [-0.25, -0.2) is 0 Å². The van der Waals surface area contributed by atoms with Crippen LogP contribution in [0.2, 0.25) is 0 Å². The van der Waals surface area contributed by atoms with Crippen molar-refractivity contribution in [2.75, 3.05) is 12.4 Å². The number of thiol groups is 1. The minimum atomic E-state index is -0.762. The highest BCUT2D eigenvalue weighted by atomic mass is 32.1. The van der Waals surface area contributed by atoms with Crippen LogP contribution in [0.3, 0.4) is 0 Å². The Hall–Kier alpha value is -1.61. The van der Waals surface area contributed by atoms with Gasteiger partial charge in [-0.3, -0.25) is 0 Å². The van der Waals surface area contributed by atoms with Gasteiger partial charge in [0.15, 0.2) is 17.7 Å². The molecular formula is C26H32O6S. The van der Waals surface area contributed by atoms with Gasteiger partial charge >= 0.3 is 0 Å². The summed E-state index contributed by atoms with van der Waals surface area (Å²) in [7, 11) is 0. The predicted molar refractivity (Wildman–Crippen MR) is 127 cm³/mol. The largest absolute Gasteiger partial charge is 0.461 e. The first-order valence-electron chi connectivity index (χ1n) is 11.5. The van der Waals surface area contributed by atoms with Crippen molar-refractivity contribution in [2.45, 2.75) is 76.4 Å². The normalized spacial score (nSPS) is 32.1. The third kappa shape index (κ3) is 4.81. The quantitative estimate of drug-likeness (QED) is 0.642. The lowest BCUT2D eigenvalue weighted by molar-refractivity contribution is -0.362. The molecule has 2 aromatic carbocycles. The minimum Gasteiger partial charge on any atom is -0.461 e. The van der Waals surface area contributed by atoms with Crippen LogP contribution in [0.4, 0.5) is 0 Å². The van der Waals surface area contributed by atoms with Gasteiger partial charge in [0.05, 0.1) is 6.61 Å². The van der Waals surface area contributed by atoms with Gasteiger partial charge in [-0.05, 0) is 57.1 Å². The van der Waals surface area contributed by atoms with E-state index in [-0.39, 0.29) is 18.3 Å². The molecule has 0 aromatic heterocycles. The first-order valence-corrected chi connectivity index (χ1v) is 12.2. The zero-order chi connectivity index (χ0) is 23.2. The van der Waals surface area contributed by atoms with Crippen molar-refractivity contribution in [2.24, 2.45) is 0 Å². The van der Waals surface area contributed by atoms with Gasteiger partial charge in [0, 0.05) is 5.56 Å². The van der Waals surface area contributed by atoms with Gasteiger partial charge in [0.2, 0.25) is 6.29 Å². The van der Waals surface area contributed by atoms with Crippen LogP contribution < -0.4 is 4.74 Å². The average molecular weight is 473 g/mol. The van der Waals surface area contributed by atoms with Crippen LogP contribution in [0, 0.1) is 0 Å². The molecular weight excluding hydrogens is 440 g/mol. The van der Waals surface area contributed by atoms with E-state index in [0.29, 0.717) is 6.61 Å². The Bertz CT molecular complexity index is 992. The molecule has 2 aromatic rings. The Balaban J connectivity index is 1.44. The van der Waals surface area contributed by atoms with E-state index >= 15 is 0 Å². The van der Waals surface area contributed by atoms with Crippen LogP contribution in [0.1, 0.15) is 33.3 Å². The number of fused-ring (bicyclic) bond motifs is 3. The number of benzene rings is 2. The molecule has 0 amide bonds. The Morgan fingerprint density at radius 3 is 2.48 bits per heavy atom. The molecule has 3 saturated heterocycles. The highest BCUT2D eigenvalue weighted by Gasteiger charge is 2.59. The summed E-state index contributed by atoms with van der Waals surface area (Å²) >= 11 is 4.37. The highest BCUT2D eigenvalue weighted by Crippen LogP contribution is 2.43. The second-order valence-electron chi connectivity index (χ2n) is 9.69. The molecule has 3 fully saturated rings. The fourth-order valence-corrected chi connectivity index (χ4v) is 5.05. The lowest BCUT2D eigenvalue weighted by atomic mass is 9.97. The van der Waals surface area contributed by atoms with Crippen LogP contribution in [0.25, 0.3) is 11.1 Å². The summed E-state index contributed by atoms with van der Waals surface area (Å²) in [6, 6.07) is 16.5. The van der Waals surface area contributed by atoms with Gasteiger partial charge in [-0.2, -0.15) is 12.6 Å². The Kier molecular flexibility index (Phi) is 6.22. The molecule has 0 bridgehead atoms. The maximum atomic E-state index is 6.50. The summed E-state index contributed by atoms with van der Waals surface area (Å²) in [4.78, 5) is 0. The number of hydrogen-bond donors (Lipinski definition) is 1. The topological polar surface area (TPSA) is 55.4 Å². The summed E-state index contributed by atoms with van der Waals surface area (Å²) in [5.41, 5.74) is 3.32. The van der Waals surface area contributed by atoms with Crippen molar-refractivity contribution >= 4 is 12.6 Å². The summed E-state index contributed by atoms with van der Waals surface area (Å²) < 4.78 is 37.4. The van der Waals surface area contributed by atoms with Crippen LogP contribution >= 0.6 is 12.6 Å². The van der Waals surface area contributed by atoms with E-state index in [2.05, 4.69) is 43.0 Å². The molecule has 178 valence electrons. The molecule has 0 unspecified atom stereocenters. The van der Waals surface area contributed by atoms with Gasteiger partial charge in [0.25, 0.3) is 0 Å². The smallest absolute Gasteiger partial charge is 0.229 e. The number of aryl methyl sites for hydroxylation is 1. The molecule has 3 aliphatic rings. The molecule has 3 aliphatic heterocycles. The zero-order valence-corrected chi connectivity index (χ0v) is 20.4. The molecule has 6 nitrogen and oxygen atoms in total. The molecule has 0 spiro atoms. The van der Waals surface area contributed by atoms with Gasteiger partial charge in [0.1, 0.15) is 24.1 Å². The van der Waals surface area contributed by atoms with Crippen LogP contribution in [-0.4, -0.2) is 54.6 Å². The lowest BCUT2D eigenvalue weighted by Crippen LogP contribution is -2.64. The van der Waals surface area contributed by atoms with Crippen molar-refractivity contribution in [3.05, 3.63) is 54.1 Å². The Morgan fingerprint density at radius 1 is 0.909 bits per heavy atom. The summed E-state index contributed by atoms with van der Waals surface area (Å²) in [5.74, 6) is 0.0663. The summed E-state index contributed by atoms with van der Waals surface area (Å²) in [5, 5.41) is 0. The maximum Gasteiger partial charge on any atom is 0.229 e. The van der Waals surface area contributed by atoms with Crippen molar-refractivity contribution in [3.63, 3.8) is 0 Å². The first-order chi connectivity index (χ1) is 15.7. The van der Waals surface area contributed by atoms with Gasteiger partial charge in [-0.15, -0.1) is 0 Å². The molecule has 7 heteroatoms. The van der Waals surface area contributed by atoms with E-state index in [1.54, 1.807) is 0 Å². The van der Waals surface area contributed by atoms with E-state index in [4.69, 9.17) is 28.4 Å². The highest BCUT2D eigenvalue weighted by molar-refractivity contribution is 7.80. The Morgan fingerprint density at radius 2 is 1.67 bits per heavy atom. The minimum absolute atomic E-state index is 0.298.